The average Bonchev–Trinajstić information content (AvgIpc) is 2.95. The van der Waals surface area contributed by atoms with Crippen LogP contribution in [0.5, 0.6) is 0 Å². The molecule has 2 aliphatic carbocycles. The fourth-order valence-electron chi connectivity index (χ4n) is 4.69. The molecular formula is C21H33N. The maximum Gasteiger partial charge on any atom is 0.0409 e. The van der Waals surface area contributed by atoms with E-state index in [0.717, 1.165) is 24.7 Å². The van der Waals surface area contributed by atoms with Crippen LogP contribution in [0.3, 0.4) is 0 Å². The quantitative estimate of drug-likeness (QED) is 0.741. The van der Waals surface area contributed by atoms with Gasteiger partial charge in [-0.15, -0.1) is 0 Å². The number of hydrogen-bond donors (Lipinski definition) is 1. The highest BCUT2D eigenvalue weighted by atomic mass is 14.8. The molecule has 0 saturated heterocycles. The Kier molecular flexibility index (Phi) is 4.38. The summed E-state index contributed by atoms with van der Waals surface area (Å²) in [5.41, 5.74) is 10.0. The van der Waals surface area contributed by atoms with Crippen LogP contribution in [0.4, 0.5) is 0 Å². The Labute approximate surface area is 136 Å². The normalized spacial score (nSPS) is 28.7. The van der Waals surface area contributed by atoms with E-state index < -0.39 is 0 Å². The summed E-state index contributed by atoms with van der Waals surface area (Å²) in [7, 11) is 0. The molecule has 0 amide bonds. The molecule has 1 aromatic rings. The van der Waals surface area contributed by atoms with Crippen LogP contribution >= 0.6 is 0 Å². The number of nitrogens with two attached hydrogens (primary N) is 1. The van der Waals surface area contributed by atoms with E-state index in [0.29, 0.717) is 5.41 Å². The van der Waals surface area contributed by atoms with E-state index >= 15 is 0 Å². The van der Waals surface area contributed by atoms with Crippen molar-refractivity contribution in [3.63, 3.8) is 0 Å². The molecule has 0 heterocycles. The van der Waals surface area contributed by atoms with Gasteiger partial charge >= 0.3 is 0 Å². The third-order valence-electron chi connectivity index (χ3n) is 6.38. The number of rotatable bonds is 2. The minimum absolute atomic E-state index is 0.0430. The van der Waals surface area contributed by atoms with Gasteiger partial charge in [-0.2, -0.15) is 0 Å². The molecule has 0 bridgehead atoms. The monoisotopic (exact) mass is 299 g/mol. The van der Waals surface area contributed by atoms with Gasteiger partial charge in [-0.25, -0.2) is 0 Å². The van der Waals surface area contributed by atoms with Crippen molar-refractivity contribution in [2.24, 2.45) is 17.1 Å². The van der Waals surface area contributed by atoms with Crippen LogP contribution in [0.1, 0.15) is 89.2 Å². The van der Waals surface area contributed by atoms with Crippen molar-refractivity contribution >= 4 is 0 Å². The molecule has 2 saturated carbocycles. The van der Waals surface area contributed by atoms with E-state index in [2.05, 4.69) is 45.0 Å². The first kappa shape index (κ1) is 16.1. The SMILES string of the molecule is CC(C)(C)C1CCC(c2cccc(C3(N)CCCC3)c2)CC1. The zero-order valence-corrected chi connectivity index (χ0v) is 14.7. The molecule has 0 spiro atoms. The molecule has 2 fully saturated rings. The molecule has 2 aliphatic rings. The summed E-state index contributed by atoms with van der Waals surface area (Å²) in [5, 5.41) is 0. The van der Waals surface area contributed by atoms with Gasteiger partial charge in [0.1, 0.15) is 0 Å². The van der Waals surface area contributed by atoms with Crippen molar-refractivity contribution in [2.75, 3.05) is 0 Å². The lowest BCUT2D eigenvalue weighted by atomic mass is 9.68. The highest BCUT2D eigenvalue weighted by Crippen LogP contribution is 2.44. The minimum Gasteiger partial charge on any atom is -0.321 e. The van der Waals surface area contributed by atoms with Crippen molar-refractivity contribution in [3.8, 4) is 0 Å². The molecule has 3 rings (SSSR count). The topological polar surface area (TPSA) is 26.0 Å². The van der Waals surface area contributed by atoms with Gasteiger partial charge in [-0.3, -0.25) is 0 Å². The van der Waals surface area contributed by atoms with Gasteiger partial charge < -0.3 is 5.73 Å². The predicted octanol–water partition coefficient (Wildman–Crippen LogP) is 5.73. The molecular weight excluding hydrogens is 266 g/mol. The first-order chi connectivity index (χ1) is 10.4. The molecule has 1 heteroatoms. The van der Waals surface area contributed by atoms with Crippen LogP contribution in [0.25, 0.3) is 0 Å². The first-order valence-corrected chi connectivity index (χ1v) is 9.28. The lowest BCUT2D eigenvalue weighted by Crippen LogP contribution is -2.33. The van der Waals surface area contributed by atoms with E-state index in [9.17, 15) is 0 Å². The smallest absolute Gasteiger partial charge is 0.0409 e. The van der Waals surface area contributed by atoms with Gasteiger partial charge in [0.2, 0.25) is 0 Å². The molecule has 1 nitrogen and oxygen atoms in total. The summed E-state index contributed by atoms with van der Waals surface area (Å²) in [5.74, 6) is 1.64. The maximum atomic E-state index is 6.66. The minimum atomic E-state index is -0.0430. The van der Waals surface area contributed by atoms with Crippen LogP contribution < -0.4 is 5.73 Å². The van der Waals surface area contributed by atoms with E-state index in [-0.39, 0.29) is 5.54 Å². The average molecular weight is 300 g/mol. The highest BCUT2D eigenvalue weighted by Gasteiger charge is 2.33. The Morgan fingerprint density at radius 2 is 1.64 bits per heavy atom. The van der Waals surface area contributed by atoms with Gasteiger partial charge in [-0.05, 0) is 66.9 Å². The largest absolute Gasteiger partial charge is 0.321 e. The van der Waals surface area contributed by atoms with Crippen molar-refractivity contribution in [1.82, 2.24) is 0 Å². The van der Waals surface area contributed by atoms with Crippen molar-refractivity contribution in [3.05, 3.63) is 35.4 Å². The number of benzene rings is 1. The van der Waals surface area contributed by atoms with Gasteiger partial charge in [0.15, 0.2) is 0 Å². The lowest BCUT2D eigenvalue weighted by Gasteiger charge is -2.37. The summed E-state index contributed by atoms with van der Waals surface area (Å²) in [6.07, 6.45) is 10.4. The van der Waals surface area contributed by atoms with E-state index in [4.69, 9.17) is 5.73 Å². The third kappa shape index (κ3) is 3.25. The third-order valence-corrected chi connectivity index (χ3v) is 6.38. The summed E-state index contributed by atoms with van der Waals surface area (Å²) < 4.78 is 0. The molecule has 0 aliphatic heterocycles. The standard InChI is InChI=1S/C21H33N/c1-20(2,3)18-11-9-16(10-12-18)17-7-6-8-19(15-17)21(22)13-4-5-14-21/h6-8,15-16,18H,4-5,9-14,22H2,1-3H3. The summed E-state index contributed by atoms with van der Waals surface area (Å²) in [6, 6.07) is 9.28. The van der Waals surface area contributed by atoms with E-state index in [1.807, 2.05) is 0 Å². The van der Waals surface area contributed by atoms with E-state index in [1.165, 1.54) is 44.1 Å². The molecule has 0 radical (unpaired) electrons. The van der Waals surface area contributed by atoms with Gasteiger partial charge in [0, 0.05) is 5.54 Å². The molecule has 22 heavy (non-hydrogen) atoms. The van der Waals surface area contributed by atoms with Gasteiger partial charge in [-0.1, -0.05) is 57.9 Å². The van der Waals surface area contributed by atoms with Gasteiger partial charge in [0.25, 0.3) is 0 Å². The summed E-state index contributed by atoms with van der Waals surface area (Å²) in [4.78, 5) is 0. The zero-order valence-electron chi connectivity index (χ0n) is 14.7. The zero-order chi connectivity index (χ0) is 15.8. The van der Waals surface area contributed by atoms with Crippen molar-refractivity contribution in [2.45, 2.75) is 83.6 Å². The van der Waals surface area contributed by atoms with Crippen molar-refractivity contribution in [1.29, 1.82) is 0 Å². The highest BCUT2D eigenvalue weighted by molar-refractivity contribution is 5.32. The van der Waals surface area contributed by atoms with Crippen LogP contribution in [0.15, 0.2) is 24.3 Å². The fraction of sp³-hybridized carbons (Fsp3) is 0.714. The molecule has 0 atom stereocenters. The predicted molar refractivity (Wildman–Crippen MR) is 94.9 cm³/mol. The number of hydrogen-bond acceptors (Lipinski definition) is 1. The van der Waals surface area contributed by atoms with Crippen molar-refractivity contribution < 1.29 is 0 Å². The van der Waals surface area contributed by atoms with Crippen LogP contribution in [0, 0.1) is 11.3 Å². The Balaban J connectivity index is 1.71. The molecule has 0 aromatic heterocycles. The second kappa shape index (κ2) is 6.00. The lowest BCUT2D eigenvalue weighted by molar-refractivity contribution is 0.169. The summed E-state index contributed by atoms with van der Waals surface area (Å²) in [6.45, 7) is 7.20. The summed E-state index contributed by atoms with van der Waals surface area (Å²) >= 11 is 0. The molecule has 1 aromatic carbocycles. The van der Waals surface area contributed by atoms with Crippen LogP contribution in [0.2, 0.25) is 0 Å². The van der Waals surface area contributed by atoms with Crippen LogP contribution in [-0.2, 0) is 5.54 Å². The Bertz CT molecular complexity index is 497. The fourth-order valence-corrected chi connectivity index (χ4v) is 4.69. The first-order valence-electron chi connectivity index (χ1n) is 9.28. The second-order valence-corrected chi connectivity index (χ2v) is 8.90. The Morgan fingerprint density at radius 1 is 1.00 bits per heavy atom. The van der Waals surface area contributed by atoms with E-state index in [1.54, 1.807) is 5.56 Å². The molecule has 122 valence electrons. The van der Waals surface area contributed by atoms with Crippen LogP contribution in [-0.4, -0.2) is 0 Å². The molecule has 2 N–H and O–H groups in total. The van der Waals surface area contributed by atoms with Gasteiger partial charge in [0.05, 0.1) is 0 Å². The Morgan fingerprint density at radius 3 is 2.23 bits per heavy atom. The second-order valence-electron chi connectivity index (χ2n) is 8.90. The maximum absolute atomic E-state index is 6.66. The Hall–Kier alpha value is -0.820. The molecule has 0 unspecified atom stereocenters.